The molecular formula is C11H8Cl3N3O3S. The Bertz CT molecular complexity index is 784. The van der Waals surface area contributed by atoms with Crippen LogP contribution in [-0.2, 0) is 10.0 Å². The van der Waals surface area contributed by atoms with Crippen LogP contribution in [0.2, 0.25) is 15.2 Å². The number of halogens is 3. The lowest BCUT2D eigenvalue weighted by Crippen LogP contribution is -2.15. The van der Waals surface area contributed by atoms with Gasteiger partial charge in [0.15, 0.2) is 5.15 Å². The maximum Gasteiger partial charge on any atom is 0.264 e. The van der Waals surface area contributed by atoms with Gasteiger partial charge in [0.25, 0.3) is 15.9 Å². The number of hydrogen-bond acceptors (Lipinski definition) is 5. The third kappa shape index (κ3) is 3.68. The second-order valence-electron chi connectivity index (χ2n) is 3.73. The molecule has 0 unspecified atom stereocenters. The molecule has 1 aromatic carbocycles. The van der Waals surface area contributed by atoms with E-state index >= 15 is 0 Å². The van der Waals surface area contributed by atoms with Gasteiger partial charge in [0.1, 0.15) is 4.90 Å². The van der Waals surface area contributed by atoms with E-state index in [1.54, 1.807) is 0 Å². The number of anilines is 1. The summed E-state index contributed by atoms with van der Waals surface area (Å²) in [6.07, 6.45) is 1.19. The van der Waals surface area contributed by atoms with E-state index in [2.05, 4.69) is 14.7 Å². The summed E-state index contributed by atoms with van der Waals surface area (Å²) in [7, 11) is -2.66. The van der Waals surface area contributed by atoms with Crippen LogP contribution in [0.4, 0.5) is 5.82 Å². The van der Waals surface area contributed by atoms with Crippen molar-refractivity contribution in [2.24, 2.45) is 0 Å². The first-order valence-electron chi connectivity index (χ1n) is 5.38. The van der Waals surface area contributed by atoms with Gasteiger partial charge in [0, 0.05) is 5.02 Å². The van der Waals surface area contributed by atoms with Crippen molar-refractivity contribution in [3.05, 3.63) is 39.6 Å². The Labute approximate surface area is 136 Å². The molecule has 2 aromatic rings. The first kappa shape index (κ1) is 16.1. The number of benzene rings is 1. The van der Waals surface area contributed by atoms with Gasteiger partial charge in [0.05, 0.1) is 18.3 Å². The Kier molecular flexibility index (Phi) is 4.77. The van der Waals surface area contributed by atoms with Gasteiger partial charge in [-0.3, -0.25) is 4.72 Å². The van der Waals surface area contributed by atoms with E-state index in [4.69, 9.17) is 39.5 Å². The quantitative estimate of drug-likeness (QED) is 0.896. The number of methoxy groups -OCH3 is 1. The minimum absolute atomic E-state index is 0.0177. The Morgan fingerprint density at radius 2 is 1.95 bits per heavy atom. The van der Waals surface area contributed by atoms with Crippen molar-refractivity contribution in [3.63, 3.8) is 0 Å². The van der Waals surface area contributed by atoms with Gasteiger partial charge < -0.3 is 4.74 Å². The minimum Gasteiger partial charge on any atom is -0.478 e. The molecule has 0 saturated heterocycles. The van der Waals surface area contributed by atoms with Crippen molar-refractivity contribution in [1.29, 1.82) is 0 Å². The first-order chi connectivity index (χ1) is 9.83. The topological polar surface area (TPSA) is 81.2 Å². The number of sulfonamides is 1. The predicted octanol–water partition coefficient (Wildman–Crippen LogP) is 3.25. The van der Waals surface area contributed by atoms with Crippen LogP contribution in [0.15, 0.2) is 29.3 Å². The van der Waals surface area contributed by atoms with E-state index < -0.39 is 10.0 Å². The molecule has 0 spiro atoms. The lowest BCUT2D eigenvalue weighted by molar-refractivity contribution is 0.398. The van der Waals surface area contributed by atoms with Crippen LogP contribution in [0.1, 0.15) is 0 Å². The lowest BCUT2D eigenvalue weighted by Gasteiger charge is -2.11. The number of rotatable bonds is 4. The number of nitrogens with zero attached hydrogens (tertiary/aromatic N) is 2. The minimum atomic E-state index is -3.97. The SMILES string of the molecule is COc1nc(Cl)cnc1NS(=O)(=O)c1ccc(Cl)cc1Cl. The average molecular weight is 369 g/mol. The largest absolute Gasteiger partial charge is 0.478 e. The molecule has 10 heteroatoms. The van der Waals surface area contributed by atoms with Gasteiger partial charge in [-0.15, -0.1) is 0 Å². The van der Waals surface area contributed by atoms with Gasteiger partial charge in [-0.25, -0.2) is 13.4 Å². The van der Waals surface area contributed by atoms with Crippen LogP contribution >= 0.6 is 34.8 Å². The fourth-order valence-corrected chi connectivity index (χ4v) is 3.35. The highest BCUT2D eigenvalue weighted by atomic mass is 35.5. The number of ether oxygens (including phenoxy) is 1. The van der Waals surface area contributed by atoms with Crippen molar-refractivity contribution >= 4 is 50.6 Å². The van der Waals surface area contributed by atoms with Crippen LogP contribution in [0.3, 0.4) is 0 Å². The predicted molar refractivity (Wildman–Crippen MR) is 80.9 cm³/mol. The molecule has 1 aromatic heterocycles. The standard InChI is InChI=1S/C11H8Cl3N3O3S/c1-20-11-10(15-5-9(14)16-11)17-21(18,19)8-3-2-6(12)4-7(8)13/h2-5H,1H3,(H,15,17). The molecule has 112 valence electrons. The molecule has 21 heavy (non-hydrogen) atoms. The molecule has 0 radical (unpaired) electrons. The number of aromatic nitrogens is 2. The summed E-state index contributed by atoms with van der Waals surface area (Å²) >= 11 is 17.3. The molecule has 0 bridgehead atoms. The highest BCUT2D eigenvalue weighted by Gasteiger charge is 2.21. The van der Waals surface area contributed by atoms with Crippen molar-refractivity contribution in [2.45, 2.75) is 4.90 Å². The second kappa shape index (κ2) is 6.23. The summed E-state index contributed by atoms with van der Waals surface area (Å²) in [6, 6.07) is 4.01. The van der Waals surface area contributed by atoms with Crippen molar-refractivity contribution in [3.8, 4) is 5.88 Å². The monoisotopic (exact) mass is 367 g/mol. The van der Waals surface area contributed by atoms with Gasteiger partial charge in [-0.05, 0) is 18.2 Å². The maximum atomic E-state index is 12.3. The van der Waals surface area contributed by atoms with Crippen molar-refractivity contribution < 1.29 is 13.2 Å². The summed E-state index contributed by atoms with van der Waals surface area (Å²) in [5, 5.41) is 0.373. The van der Waals surface area contributed by atoms with E-state index in [-0.39, 0.29) is 26.8 Å². The summed E-state index contributed by atoms with van der Waals surface area (Å²) in [5.74, 6) is -0.163. The summed E-state index contributed by atoms with van der Waals surface area (Å²) in [5.41, 5.74) is 0. The zero-order valence-corrected chi connectivity index (χ0v) is 13.6. The van der Waals surface area contributed by atoms with Crippen LogP contribution in [-0.4, -0.2) is 25.5 Å². The molecule has 0 aliphatic rings. The normalized spacial score (nSPS) is 11.2. The summed E-state index contributed by atoms with van der Waals surface area (Å²) in [4.78, 5) is 7.49. The summed E-state index contributed by atoms with van der Waals surface area (Å²) < 4.78 is 31.7. The molecule has 0 fully saturated rings. The fraction of sp³-hybridized carbons (Fsp3) is 0.0909. The molecule has 2 rings (SSSR count). The highest BCUT2D eigenvalue weighted by Crippen LogP contribution is 2.28. The van der Waals surface area contributed by atoms with E-state index in [0.29, 0.717) is 5.02 Å². The highest BCUT2D eigenvalue weighted by molar-refractivity contribution is 7.92. The van der Waals surface area contributed by atoms with E-state index in [1.165, 1.54) is 31.5 Å². The number of nitrogens with one attached hydrogen (secondary N) is 1. The van der Waals surface area contributed by atoms with Crippen LogP contribution in [0, 0.1) is 0 Å². The van der Waals surface area contributed by atoms with E-state index in [1.807, 2.05) is 0 Å². The van der Waals surface area contributed by atoms with E-state index in [9.17, 15) is 8.42 Å². The Morgan fingerprint density at radius 3 is 2.57 bits per heavy atom. The molecule has 0 atom stereocenters. The Morgan fingerprint density at radius 1 is 1.24 bits per heavy atom. The van der Waals surface area contributed by atoms with Gasteiger partial charge in [0.2, 0.25) is 5.82 Å². The van der Waals surface area contributed by atoms with Crippen LogP contribution < -0.4 is 9.46 Å². The van der Waals surface area contributed by atoms with Crippen LogP contribution in [0.25, 0.3) is 0 Å². The van der Waals surface area contributed by atoms with Gasteiger partial charge in [-0.2, -0.15) is 4.98 Å². The molecule has 0 saturated carbocycles. The number of hydrogen-bond donors (Lipinski definition) is 1. The molecule has 1 heterocycles. The van der Waals surface area contributed by atoms with Gasteiger partial charge >= 0.3 is 0 Å². The fourth-order valence-electron chi connectivity index (χ4n) is 1.44. The molecule has 0 aliphatic heterocycles. The average Bonchev–Trinajstić information content (AvgIpc) is 2.40. The van der Waals surface area contributed by atoms with E-state index in [0.717, 1.165) is 0 Å². The third-order valence-corrected chi connectivity index (χ3v) is 4.56. The zero-order valence-electron chi connectivity index (χ0n) is 10.5. The van der Waals surface area contributed by atoms with Crippen molar-refractivity contribution in [1.82, 2.24) is 9.97 Å². The molecule has 1 N–H and O–H groups in total. The molecule has 0 amide bonds. The third-order valence-electron chi connectivity index (χ3n) is 2.32. The molecular weight excluding hydrogens is 361 g/mol. The Hall–Kier alpha value is -1.28. The first-order valence-corrected chi connectivity index (χ1v) is 7.99. The maximum absolute atomic E-state index is 12.3. The zero-order chi connectivity index (χ0) is 15.6. The lowest BCUT2D eigenvalue weighted by atomic mass is 10.4. The molecule has 0 aliphatic carbocycles. The van der Waals surface area contributed by atoms with Crippen molar-refractivity contribution in [2.75, 3.05) is 11.8 Å². The second-order valence-corrected chi connectivity index (χ2v) is 6.61. The van der Waals surface area contributed by atoms with Crippen LogP contribution in [0.5, 0.6) is 5.88 Å². The summed E-state index contributed by atoms with van der Waals surface area (Å²) in [6.45, 7) is 0. The molecule has 6 nitrogen and oxygen atoms in total. The smallest absolute Gasteiger partial charge is 0.264 e. The van der Waals surface area contributed by atoms with Gasteiger partial charge in [-0.1, -0.05) is 34.8 Å². The Balaban J connectivity index is 2.42.